The van der Waals surface area contributed by atoms with Crippen molar-refractivity contribution in [2.24, 2.45) is 0 Å². The minimum absolute atomic E-state index is 0.0532. The van der Waals surface area contributed by atoms with E-state index >= 15 is 0 Å². The molecule has 0 bridgehead atoms. The largest absolute Gasteiger partial charge is 0.362 e. The number of rotatable bonds is 3. The second-order valence-corrected chi connectivity index (χ2v) is 8.51. The van der Waals surface area contributed by atoms with Gasteiger partial charge in [0.25, 0.3) is 0 Å². The maximum absolute atomic E-state index is 12.3. The van der Waals surface area contributed by atoms with Crippen molar-refractivity contribution in [3.8, 4) is 11.4 Å². The molecule has 0 radical (unpaired) electrons. The van der Waals surface area contributed by atoms with Gasteiger partial charge in [0.05, 0.1) is 17.5 Å². The number of sulfone groups is 1. The first-order valence-corrected chi connectivity index (χ1v) is 10.1. The number of anilines is 1. The monoisotopic (exact) mass is 366 g/mol. The minimum atomic E-state index is -3.15. The van der Waals surface area contributed by atoms with E-state index in [9.17, 15) is 8.42 Å². The van der Waals surface area contributed by atoms with E-state index in [1.165, 1.54) is 0 Å². The number of hydrogen-bond acceptors (Lipinski definition) is 6. The van der Waals surface area contributed by atoms with Crippen molar-refractivity contribution < 1.29 is 8.42 Å². The minimum Gasteiger partial charge on any atom is -0.362 e. The zero-order valence-corrected chi connectivity index (χ0v) is 15.1. The lowest BCUT2D eigenvalue weighted by Crippen LogP contribution is -2.29. The average molecular weight is 366 g/mol. The highest BCUT2D eigenvalue weighted by atomic mass is 32.2. The third-order valence-corrected chi connectivity index (χ3v) is 5.93. The van der Waals surface area contributed by atoms with Gasteiger partial charge in [-0.3, -0.25) is 4.98 Å². The topological polar surface area (TPSA) is 84.8 Å². The van der Waals surface area contributed by atoms with Gasteiger partial charge in [0, 0.05) is 29.7 Å². The van der Waals surface area contributed by atoms with Gasteiger partial charge < -0.3 is 5.32 Å². The van der Waals surface area contributed by atoms with Crippen LogP contribution < -0.4 is 5.32 Å². The van der Waals surface area contributed by atoms with Gasteiger partial charge in [0.1, 0.15) is 5.82 Å². The molecule has 0 amide bonds. The standard InChI is InChI=1S/C19H18N4O2S/c1-13-10-18(23-19(21-13)14-6-8-20-9-7-14)22-17-12-26(24,25)11-15-4-2-3-5-16(15)17/h2-10,17H,11-12H2,1H3,(H,21,22,23). The summed E-state index contributed by atoms with van der Waals surface area (Å²) in [5, 5.41) is 3.30. The highest BCUT2D eigenvalue weighted by Gasteiger charge is 2.29. The number of aromatic nitrogens is 3. The first-order valence-electron chi connectivity index (χ1n) is 8.31. The Labute approximate surface area is 152 Å². The Balaban J connectivity index is 1.71. The zero-order valence-electron chi connectivity index (χ0n) is 14.3. The number of benzene rings is 1. The van der Waals surface area contributed by atoms with Gasteiger partial charge >= 0.3 is 0 Å². The number of nitrogens with one attached hydrogen (secondary N) is 1. The van der Waals surface area contributed by atoms with Crippen LogP contribution in [0.15, 0.2) is 54.9 Å². The van der Waals surface area contributed by atoms with E-state index in [1.807, 2.05) is 49.4 Å². The Morgan fingerprint density at radius 2 is 1.85 bits per heavy atom. The lowest BCUT2D eigenvalue weighted by atomic mass is 10.0. The van der Waals surface area contributed by atoms with Crippen LogP contribution in [0, 0.1) is 6.92 Å². The average Bonchev–Trinajstić information content (AvgIpc) is 2.61. The molecule has 4 rings (SSSR count). The Morgan fingerprint density at radius 1 is 1.08 bits per heavy atom. The number of aryl methyl sites for hydroxylation is 1. The maximum Gasteiger partial charge on any atom is 0.161 e. The third-order valence-electron chi connectivity index (χ3n) is 4.34. The summed E-state index contributed by atoms with van der Waals surface area (Å²) in [6.07, 6.45) is 3.39. The molecule has 6 nitrogen and oxygen atoms in total. The highest BCUT2D eigenvalue weighted by molar-refractivity contribution is 7.90. The fraction of sp³-hybridized carbons (Fsp3) is 0.211. The van der Waals surface area contributed by atoms with E-state index in [4.69, 9.17) is 0 Å². The molecule has 132 valence electrons. The normalized spacial score (nSPS) is 18.1. The lowest BCUT2D eigenvalue weighted by Gasteiger charge is -2.27. The predicted molar refractivity (Wildman–Crippen MR) is 100 cm³/mol. The summed E-state index contributed by atoms with van der Waals surface area (Å²) in [7, 11) is -3.15. The number of hydrogen-bond donors (Lipinski definition) is 1. The van der Waals surface area contributed by atoms with Crippen molar-refractivity contribution in [3.63, 3.8) is 0 Å². The summed E-state index contributed by atoms with van der Waals surface area (Å²) in [5.74, 6) is 1.34. The van der Waals surface area contributed by atoms with Crippen LogP contribution in [0.5, 0.6) is 0 Å². The second kappa shape index (κ2) is 6.49. The second-order valence-electron chi connectivity index (χ2n) is 6.40. The molecule has 1 aromatic carbocycles. The van der Waals surface area contributed by atoms with Gasteiger partial charge in [-0.15, -0.1) is 0 Å². The first-order chi connectivity index (χ1) is 12.5. The Kier molecular flexibility index (Phi) is 4.16. The van der Waals surface area contributed by atoms with Gasteiger partial charge in [0.15, 0.2) is 15.7 Å². The molecule has 1 aliphatic heterocycles. The molecule has 1 atom stereocenters. The van der Waals surface area contributed by atoms with Crippen molar-refractivity contribution in [1.29, 1.82) is 0 Å². The quantitative estimate of drug-likeness (QED) is 0.767. The Morgan fingerprint density at radius 3 is 2.65 bits per heavy atom. The molecule has 0 aliphatic carbocycles. The summed E-state index contributed by atoms with van der Waals surface area (Å²) in [5.41, 5.74) is 3.52. The maximum atomic E-state index is 12.3. The molecule has 1 N–H and O–H groups in total. The highest BCUT2D eigenvalue weighted by Crippen LogP contribution is 2.31. The molecule has 1 aliphatic rings. The van der Waals surface area contributed by atoms with E-state index in [0.29, 0.717) is 11.6 Å². The lowest BCUT2D eigenvalue weighted by molar-refractivity contribution is 0.585. The molecule has 26 heavy (non-hydrogen) atoms. The first kappa shape index (κ1) is 16.7. The molecule has 0 saturated heterocycles. The van der Waals surface area contributed by atoms with Crippen LogP contribution >= 0.6 is 0 Å². The molecular formula is C19H18N4O2S. The zero-order chi connectivity index (χ0) is 18.1. The van der Waals surface area contributed by atoms with Crippen LogP contribution in [0.2, 0.25) is 0 Å². The van der Waals surface area contributed by atoms with Crippen molar-refractivity contribution in [2.45, 2.75) is 18.7 Å². The number of nitrogens with zero attached hydrogens (tertiary/aromatic N) is 3. The van der Waals surface area contributed by atoms with Crippen molar-refractivity contribution in [2.75, 3.05) is 11.1 Å². The fourth-order valence-electron chi connectivity index (χ4n) is 3.22. The van der Waals surface area contributed by atoms with Crippen LogP contribution in [0.3, 0.4) is 0 Å². The summed E-state index contributed by atoms with van der Waals surface area (Å²) < 4.78 is 24.6. The van der Waals surface area contributed by atoms with E-state index in [0.717, 1.165) is 22.4 Å². The molecule has 0 fully saturated rings. The smallest absolute Gasteiger partial charge is 0.161 e. The van der Waals surface area contributed by atoms with Crippen molar-refractivity contribution in [1.82, 2.24) is 15.0 Å². The Bertz CT molecular complexity index is 1050. The molecular weight excluding hydrogens is 348 g/mol. The summed E-state index contributed by atoms with van der Waals surface area (Å²) in [6, 6.07) is 12.8. The van der Waals surface area contributed by atoms with Gasteiger partial charge in [-0.2, -0.15) is 0 Å². The summed E-state index contributed by atoms with van der Waals surface area (Å²) >= 11 is 0. The number of pyridine rings is 1. The van der Waals surface area contributed by atoms with E-state index < -0.39 is 9.84 Å². The van der Waals surface area contributed by atoms with Crippen LogP contribution in [-0.4, -0.2) is 29.1 Å². The SMILES string of the molecule is Cc1cc(NC2CS(=O)(=O)Cc3ccccc32)nc(-c2ccncc2)n1. The predicted octanol–water partition coefficient (Wildman–Crippen LogP) is 2.93. The van der Waals surface area contributed by atoms with E-state index in [2.05, 4.69) is 20.3 Å². The van der Waals surface area contributed by atoms with Gasteiger partial charge in [-0.25, -0.2) is 18.4 Å². The van der Waals surface area contributed by atoms with Gasteiger partial charge in [0.2, 0.25) is 0 Å². The molecule has 3 aromatic rings. The molecule has 3 heterocycles. The van der Waals surface area contributed by atoms with E-state index in [1.54, 1.807) is 12.4 Å². The third kappa shape index (κ3) is 3.43. The molecule has 0 saturated carbocycles. The molecule has 1 unspecified atom stereocenters. The summed E-state index contributed by atoms with van der Waals surface area (Å²) in [6.45, 7) is 1.89. The molecule has 7 heteroatoms. The van der Waals surface area contributed by atoms with Crippen molar-refractivity contribution >= 4 is 15.7 Å². The fourth-order valence-corrected chi connectivity index (χ4v) is 4.84. The number of fused-ring (bicyclic) bond motifs is 1. The van der Waals surface area contributed by atoms with Crippen LogP contribution in [0.25, 0.3) is 11.4 Å². The van der Waals surface area contributed by atoms with E-state index in [-0.39, 0.29) is 17.5 Å². The van der Waals surface area contributed by atoms with Crippen molar-refractivity contribution in [3.05, 3.63) is 71.7 Å². The van der Waals surface area contributed by atoms with Crippen LogP contribution in [0.1, 0.15) is 22.9 Å². The van der Waals surface area contributed by atoms with Crippen LogP contribution in [-0.2, 0) is 15.6 Å². The Hall–Kier alpha value is -2.80. The van der Waals surface area contributed by atoms with Crippen LogP contribution in [0.4, 0.5) is 5.82 Å². The van der Waals surface area contributed by atoms with Gasteiger partial charge in [-0.05, 0) is 30.2 Å². The van der Waals surface area contributed by atoms with Gasteiger partial charge in [-0.1, -0.05) is 24.3 Å². The molecule has 2 aromatic heterocycles. The molecule has 0 spiro atoms. The summed E-state index contributed by atoms with van der Waals surface area (Å²) in [4.78, 5) is 13.1.